The number of esters is 1. The minimum Gasteiger partial charge on any atom is -0.463 e. The number of nitrogens with one attached hydrogen (secondary N) is 1. The Morgan fingerprint density at radius 3 is 3.05 bits per heavy atom. The second-order valence-corrected chi connectivity index (χ2v) is 4.10. The molecule has 5 nitrogen and oxygen atoms in total. The molecule has 100 valence electrons. The van der Waals surface area contributed by atoms with E-state index in [-0.39, 0.29) is 18.4 Å². The van der Waals surface area contributed by atoms with Crippen LogP contribution < -0.4 is 10.2 Å². The molecular weight excluding hydrogens is 244 g/mol. The van der Waals surface area contributed by atoms with Gasteiger partial charge in [-0.2, -0.15) is 0 Å². The van der Waals surface area contributed by atoms with Crippen LogP contribution in [-0.2, 0) is 14.3 Å². The maximum absolute atomic E-state index is 11.6. The zero-order valence-corrected chi connectivity index (χ0v) is 10.8. The Labute approximate surface area is 111 Å². The number of fused-ring (bicyclic) bond motifs is 1. The lowest BCUT2D eigenvalue weighted by molar-refractivity contribution is -0.137. The Kier molecular flexibility index (Phi) is 4.18. The van der Waals surface area contributed by atoms with Crippen molar-refractivity contribution in [3.63, 3.8) is 0 Å². The quantitative estimate of drug-likeness (QED) is 0.659. The number of ether oxygens (including phenoxy) is 1. The Morgan fingerprint density at radius 2 is 2.26 bits per heavy atom. The van der Waals surface area contributed by atoms with Crippen LogP contribution in [0, 0.1) is 0 Å². The van der Waals surface area contributed by atoms with Gasteiger partial charge in [0.25, 0.3) is 0 Å². The normalized spacial score (nSPS) is 14.2. The molecule has 0 saturated heterocycles. The summed E-state index contributed by atoms with van der Waals surface area (Å²) in [4.78, 5) is 24.7. The molecule has 5 heteroatoms. The summed E-state index contributed by atoms with van der Waals surface area (Å²) in [6, 6.07) is 7.58. The van der Waals surface area contributed by atoms with Crippen molar-refractivity contribution in [2.75, 3.05) is 29.9 Å². The highest BCUT2D eigenvalue weighted by Crippen LogP contribution is 2.28. The maximum atomic E-state index is 11.6. The van der Waals surface area contributed by atoms with E-state index in [4.69, 9.17) is 4.74 Å². The minimum atomic E-state index is -0.364. The standard InChI is InChI=1S/C14H16N2O3/c1-2-19-14(18)8-5-9-16-10-13(17)15-11-6-3-4-7-12(11)16/h3-8H,2,9-10H2,1H3,(H,15,17)/b8-5+. The van der Waals surface area contributed by atoms with Crippen molar-refractivity contribution in [2.24, 2.45) is 0 Å². The molecule has 0 radical (unpaired) electrons. The first-order valence-corrected chi connectivity index (χ1v) is 6.18. The molecule has 0 spiro atoms. The smallest absolute Gasteiger partial charge is 0.330 e. The van der Waals surface area contributed by atoms with Crippen molar-refractivity contribution in [3.05, 3.63) is 36.4 Å². The second-order valence-electron chi connectivity index (χ2n) is 4.10. The number of carbonyl (C=O) groups excluding carboxylic acids is 2. The molecule has 19 heavy (non-hydrogen) atoms. The molecule has 1 aliphatic rings. The van der Waals surface area contributed by atoms with Crippen LogP contribution in [0.15, 0.2) is 36.4 Å². The first kappa shape index (κ1) is 13.1. The van der Waals surface area contributed by atoms with Crippen LogP contribution in [0.1, 0.15) is 6.92 Å². The van der Waals surface area contributed by atoms with E-state index in [1.807, 2.05) is 29.2 Å². The third-order valence-electron chi connectivity index (χ3n) is 2.72. The van der Waals surface area contributed by atoms with E-state index < -0.39 is 0 Å². The number of hydrogen-bond acceptors (Lipinski definition) is 4. The molecule has 0 bridgehead atoms. The monoisotopic (exact) mass is 260 g/mol. The second kappa shape index (κ2) is 6.04. The van der Waals surface area contributed by atoms with Gasteiger partial charge in [-0.3, -0.25) is 4.79 Å². The molecule has 0 atom stereocenters. The average Bonchev–Trinajstić information content (AvgIpc) is 2.38. The molecule has 0 aromatic heterocycles. The van der Waals surface area contributed by atoms with Crippen LogP contribution in [0.2, 0.25) is 0 Å². The van der Waals surface area contributed by atoms with Gasteiger partial charge in [-0.25, -0.2) is 4.79 Å². The Bertz CT molecular complexity index is 511. The fourth-order valence-corrected chi connectivity index (χ4v) is 1.93. The van der Waals surface area contributed by atoms with Gasteiger partial charge in [0.2, 0.25) is 5.91 Å². The Morgan fingerprint density at radius 1 is 1.47 bits per heavy atom. The van der Waals surface area contributed by atoms with Gasteiger partial charge in [-0.15, -0.1) is 0 Å². The highest BCUT2D eigenvalue weighted by atomic mass is 16.5. The average molecular weight is 260 g/mol. The number of hydrogen-bond donors (Lipinski definition) is 1. The predicted molar refractivity (Wildman–Crippen MR) is 73.1 cm³/mol. The summed E-state index contributed by atoms with van der Waals surface area (Å²) in [5.74, 6) is -0.416. The molecule has 0 unspecified atom stereocenters. The third-order valence-corrected chi connectivity index (χ3v) is 2.72. The molecule has 1 aromatic carbocycles. The highest BCUT2D eigenvalue weighted by Gasteiger charge is 2.20. The van der Waals surface area contributed by atoms with E-state index >= 15 is 0 Å². The van der Waals surface area contributed by atoms with Crippen LogP contribution in [0.4, 0.5) is 11.4 Å². The van der Waals surface area contributed by atoms with E-state index in [2.05, 4.69) is 5.32 Å². The molecule has 1 amide bonds. The fourth-order valence-electron chi connectivity index (χ4n) is 1.93. The molecule has 1 heterocycles. The Hall–Kier alpha value is -2.30. The first-order valence-electron chi connectivity index (χ1n) is 6.18. The maximum Gasteiger partial charge on any atom is 0.330 e. The van der Waals surface area contributed by atoms with E-state index in [9.17, 15) is 9.59 Å². The molecule has 0 aliphatic carbocycles. The molecule has 0 fully saturated rings. The van der Waals surface area contributed by atoms with Crippen molar-refractivity contribution >= 4 is 23.3 Å². The number of para-hydroxylation sites is 2. The summed E-state index contributed by atoms with van der Waals surface area (Å²) in [6.45, 7) is 2.89. The van der Waals surface area contributed by atoms with Crippen molar-refractivity contribution in [2.45, 2.75) is 6.92 Å². The van der Waals surface area contributed by atoms with Crippen LogP contribution in [-0.4, -0.2) is 31.6 Å². The summed E-state index contributed by atoms with van der Waals surface area (Å²) < 4.78 is 4.80. The summed E-state index contributed by atoms with van der Waals surface area (Å²) in [5.41, 5.74) is 1.75. The van der Waals surface area contributed by atoms with Crippen molar-refractivity contribution in [1.82, 2.24) is 0 Å². The topological polar surface area (TPSA) is 58.6 Å². The van der Waals surface area contributed by atoms with Crippen LogP contribution in [0.3, 0.4) is 0 Å². The van der Waals surface area contributed by atoms with Gasteiger partial charge < -0.3 is 15.0 Å². The van der Waals surface area contributed by atoms with Gasteiger partial charge in [0.05, 0.1) is 24.5 Å². The van der Waals surface area contributed by atoms with Gasteiger partial charge in [-0.05, 0) is 19.1 Å². The zero-order valence-electron chi connectivity index (χ0n) is 10.8. The van der Waals surface area contributed by atoms with Crippen LogP contribution >= 0.6 is 0 Å². The minimum absolute atomic E-state index is 0.0526. The lowest BCUT2D eigenvalue weighted by atomic mass is 10.2. The van der Waals surface area contributed by atoms with Crippen molar-refractivity contribution < 1.29 is 14.3 Å². The van der Waals surface area contributed by atoms with Gasteiger partial charge in [0, 0.05) is 12.6 Å². The van der Waals surface area contributed by atoms with Crippen molar-refractivity contribution in [1.29, 1.82) is 0 Å². The van der Waals surface area contributed by atoms with Crippen molar-refractivity contribution in [3.8, 4) is 0 Å². The molecule has 2 rings (SSSR count). The van der Waals surface area contributed by atoms with E-state index in [0.717, 1.165) is 11.4 Å². The lowest BCUT2D eigenvalue weighted by Gasteiger charge is -2.29. The summed E-state index contributed by atoms with van der Waals surface area (Å²) >= 11 is 0. The highest BCUT2D eigenvalue weighted by molar-refractivity contribution is 6.01. The largest absolute Gasteiger partial charge is 0.463 e. The summed E-state index contributed by atoms with van der Waals surface area (Å²) in [5, 5.41) is 2.81. The van der Waals surface area contributed by atoms with E-state index in [1.165, 1.54) is 6.08 Å². The number of benzene rings is 1. The number of amides is 1. The number of carbonyl (C=O) groups is 2. The van der Waals surface area contributed by atoms with Crippen LogP contribution in [0.5, 0.6) is 0 Å². The molecule has 1 aliphatic heterocycles. The molecule has 1 aromatic rings. The predicted octanol–water partition coefficient (Wildman–Crippen LogP) is 1.56. The van der Waals surface area contributed by atoms with Gasteiger partial charge in [-0.1, -0.05) is 18.2 Å². The van der Waals surface area contributed by atoms with E-state index in [1.54, 1.807) is 13.0 Å². The fraction of sp³-hybridized carbons (Fsp3) is 0.286. The van der Waals surface area contributed by atoms with E-state index in [0.29, 0.717) is 13.2 Å². The van der Waals surface area contributed by atoms with Gasteiger partial charge in [0.1, 0.15) is 0 Å². The van der Waals surface area contributed by atoms with Crippen LogP contribution in [0.25, 0.3) is 0 Å². The first-order chi connectivity index (χ1) is 9.20. The molecular formula is C14H16N2O3. The zero-order chi connectivity index (χ0) is 13.7. The number of rotatable bonds is 4. The molecule has 0 saturated carbocycles. The number of nitrogens with zero attached hydrogens (tertiary/aromatic N) is 1. The van der Waals surface area contributed by atoms with Gasteiger partial charge in [0.15, 0.2) is 0 Å². The lowest BCUT2D eigenvalue weighted by Crippen LogP contribution is -2.38. The Balaban J connectivity index is 2.05. The van der Waals surface area contributed by atoms with Gasteiger partial charge >= 0.3 is 5.97 Å². The summed E-state index contributed by atoms with van der Waals surface area (Å²) in [6.07, 6.45) is 3.09. The number of anilines is 2. The SMILES string of the molecule is CCOC(=O)/C=C/CN1CC(=O)Nc2ccccc21. The summed E-state index contributed by atoms with van der Waals surface area (Å²) in [7, 11) is 0. The third kappa shape index (κ3) is 3.34. The molecule has 1 N–H and O–H groups in total.